The number of amides is 1. The van der Waals surface area contributed by atoms with Gasteiger partial charge in [0.25, 0.3) is 0 Å². The molecule has 0 bridgehead atoms. The highest BCUT2D eigenvalue weighted by atomic mass is 16.5. The van der Waals surface area contributed by atoms with Crippen LogP contribution in [0.25, 0.3) is 0 Å². The zero-order valence-corrected chi connectivity index (χ0v) is 11.0. The topological polar surface area (TPSA) is 41.6 Å². The first-order valence-corrected chi connectivity index (χ1v) is 6.34. The summed E-state index contributed by atoms with van der Waals surface area (Å²) in [6.45, 7) is 4.65. The zero-order chi connectivity index (χ0) is 13.0. The number of piperazine rings is 1. The molecule has 0 spiro atoms. The number of benzene rings is 1. The minimum absolute atomic E-state index is 0.203. The van der Waals surface area contributed by atoms with E-state index < -0.39 is 0 Å². The second-order valence-corrected chi connectivity index (χ2v) is 4.67. The highest BCUT2D eigenvalue weighted by Gasteiger charge is 2.22. The molecule has 4 heteroatoms. The summed E-state index contributed by atoms with van der Waals surface area (Å²) in [4.78, 5) is 14.2. The van der Waals surface area contributed by atoms with Gasteiger partial charge in [-0.15, -0.1) is 0 Å². The van der Waals surface area contributed by atoms with Crippen molar-refractivity contribution < 1.29 is 9.53 Å². The van der Waals surface area contributed by atoms with E-state index in [0.717, 1.165) is 30.9 Å². The number of nitrogens with zero attached hydrogens (tertiary/aromatic N) is 1. The highest BCUT2D eigenvalue weighted by molar-refractivity contribution is 5.79. The fraction of sp³-hybridized carbons (Fsp3) is 0.500. The molecule has 2 rings (SSSR count). The molecule has 0 aliphatic carbocycles. The Morgan fingerprint density at radius 2 is 2.17 bits per heavy atom. The molecule has 0 saturated carbocycles. The Hall–Kier alpha value is -1.55. The van der Waals surface area contributed by atoms with Gasteiger partial charge in [-0.25, -0.2) is 0 Å². The van der Waals surface area contributed by atoms with Crippen LogP contribution in [0.15, 0.2) is 24.3 Å². The SMILES string of the molecule is COc1ccc(CC(=O)N2CCNCC2C)cc1. The lowest BCUT2D eigenvalue weighted by Crippen LogP contribution is -2.52. The number of ether oxygens (including phenoxy) is 1. The van der Waals surface area contributed by atoms with Gasteiger partial charge in [-0.2, -0.15) is 0 Å². The Balaban J connectivity index is 1.97. The van der Waals surface area contributed by atoms with Crippen LogP contribution in [0.5, 0.6) is 5.75 Å². The molecular weight excluding hydrogens is 228 g/mol. The Morgan fingerprint density at radius 3 is 2.78 bits per heavy atom. The molecule has 1 aromatic rings. The van der Waals surface area contributed by atoms with E-state index >= 15 is 0 Å². The van der Waals surface area contributed by atoms with Crippen LogP contribution in [-0.4, -0.2) is 43.6 Å². The number of carbonyl (C=O) groups is 1. The van der Waals surface area contributed by atoms with Crippen molar-refractivity contribution in [2.45, 2.75) is 19.4 Å². The molecule has 1 N–H and O–H groups in total. The van der Waals surface area contributed by atoms with Crippen LogP contribution in [0.4, 0.5) is 0 Å². The third-order valence-electron chi connectivity index (χ3n) is 3.34. The Kier molecular flexibility index (Phi) is 4.20. The molecule has 1 amide bonds. The number of rotatable bonds is 3. The van der Waals surface area contributed by atoms with Crippen molar-refractivity contribution in [3.05, 3.63) is 29.8 Å². The minimum Gasteiger partial charge on any atom is -0.497 e. The fourth-order valence-electron chi connectivity index (χ4n) is 2.23. The lowest BCUT2D eigenvalue weighted by Gasteiger charge is -2.34. The van der Waals surface area contributed by atoms with Crippen LogP contribution in [0.3, 0.4) is 0 Å². The molecular formula is C14H20N2O2. The lowest BCUT2D eigenvalue weighted by atomic mass is 10.1. The smallest absolute Gasteiger partial charge is 0.227 e. The van der Waals surface area contributed by atoms with Crippen molar-refractivity contribution in [3.8, 4) is 5.75 Å². The predicted octanol–water partition coefficient (Wildman–Crippen LogP) is 1.06. The van der Waals surface area contributed by atoms with Gasteiger partial charge in [-0.3, -0.25) is 4.79 Å². The van der Waals surface area contributed by atoms with Crippen LogP contribution in [0.2, 0.25) is 0 Å². The number of methoxy groups -OCH3 is 1. The average Bonchev–Trinajstić information content (AvgIpc) is 2.40. The van der Waals surface area contributed by atoms with Gasteiger partial charge in [0.2, 0.25) is 5.91 Å². The van der Waals surface area contributed by atoms with Gasteiger partial charge in [-0.1, -0.05) is 12.1 Å². The van der Waals surface area contributed by atoms with Crippen LogP contribution >= 0.6 is 0 Å². The summed E-state index contributed by atoms with van der Waals surface area (Å²) >= 11 is 0. The molecule has 1 saturated heterocycles. The summed E-state index contributed by atoms with van der Waals surface area (Å²) in [7, 11) is 1.64. The molecule has 0 radical (unpaired) electrons. The lowest BCUT2D eigenvalue weighted by molar-refractivity contribution is -0.133. The maximum absolute atomic E-state index is 12.2. The number of nitrogens with one attached hydrogen (secondary N) is 1. The Bertz CT molecular complexity index is 403. The van der Waals surface area contributed by atoms with Gasteiger partial charge in [0.05, 0.1) is 13.5 Å². The predicted molar refractivity (Wildman–Crippen MR) is 70.7 cm³/mol. The van der Waals surface area contributed by atoms with Crippen LogP contribution < -0.4 is 10.1 Å². The first-order valence-electron chi connectivity index (χ1n) is 6.34. The van der Waals surface area contributed by atoms with E-state index in [1.54, 1.807) is 7.11 Å². The summed E-state index contributed by atoms with van der Waals surface area (Å²) < 4.78 is 5.10. The number of carbonyl (C=O) groups excluding carboxylic acids is 1. The van der Waals surface area contributed by atoms with Crippen molar-refractivity contribution >= 4 is 5.91 Å². The van der Waals surface area contributed by atoms with Gasteiger partial charge < -0.3 is 15.0 Å². The number of hydrogen-bond donors (Lipinski definition) is 1. The molecule has 0 aromatic heterocycles. The molecule has 1 aliphatic rings. The second-order valence-electron chi connectivity index (χ2n) is 4.67. The standard InChI is InChI=1S/C14H20N2O2/c1-11-10-15-7-8-16(11)14(17)9-12-3-5-13(18-2)6-4-12/h3-6,11,15H,7-10H2,1-2H3. The summed E-state index contributed by atoms with van der Waals surface area (Å²) in [5, 5.41) is 3.29. The first kappa shape index (κ1) is 12.9. The highest BCUT2D eigenvalue weighted by Crippen LogP contribution is 2.13. The zero-order valence-electron chi connectivity index (χ0n) is 11.0. The molecule has 98 valence electrons. The average molecular weight is 248 g/mol. The summed E-state index contributed by atoms with van der Waals surface area (Å²) in [5.41, 5.74) is 1.03. The third-order valence-corrected chi connectivity index (χ3v) is 3.34. The summed E-state index contributed by atoms with van der Waals surface area (Å²) in [6.07, 6.45) is 0.467. The summed E-state index contributed by atoms with van der Waals surface area (Å²) in [6, 6.07) is 7.96. The van der Waals surface area contributed by atoms with Crippen molar-refractivity contribution in [2.75, 3.05) is 26.7 Å². The van der Waals surface area contributed by atoms with Crippen molar-refractivity contribution in [2.24, 2.45) is 0 Å². The molecule has 1 aromatic carbocycles. The quantitative estimate of drug-likeness (QED) is 0.869. The normalized spacial score (nSPS) is 19.7. The molecule has 1 heterocycles. The second kappa shape index (κ2) is 5.87. The van der Waals surface area contributed by atoms with E-state index in [2.05, 4.69) is 12.2 Å². The van der Waals surface area contributed by atoms with Gasteiger partial charge in [0.15, 0.2) is 0 Å². The largest absolute Gasteiger partial charge is 0.497 e. The van der Waals surface area contributed by atoms with Gasteiger partial charge in [0, 0.05) is 25.7 Å². The van der Waals surface area contributed by atoms with Crippen molar-refractivity contribution in [1.82, 2.24) is 10.2 Å². The van der Waals surface area contributed by atoms with Crippen LogP contribution in [-0.2, 0) is 11.2 Å². The third kappa shape index (κ3) is 3.01. The van der Waals surface area contributed by atoms with Crippen LogP contribution in [0.1, 0.15) is 12.5 Å². The van der Waals surface area contributed by atoms with Gasteiger partial charge in [0.1, 0.15) is 5.75 Å². The summed E-state index contributed by atoms with van der Waals surface area (Å²) in [5.74, 6) is 1.02. The van der Waals surface area contributed by atoms with Gasteiger partial charge >= 0.3 is 0 Å². The van der Waals surface area contributed by atoms with Gasteiger partial charge in [-0.05, 0) is 24.6 Å². The number of hydrogen-bond acceptors (Lipinski definition) is 3. The van der Waals surface area contributed by atoms with Crippen molar-refractivity contribution in [1.29, 1.82) is 0 Å². The minimum atomic E-state index is 0.203. The molecule has 1 unspecified atom stereocenters. The van der Waals surface area contributed by atoms with E-state index in [1.807, 2.05) is 29.2 Å². The van der Waals surface area contributed by atoms with E-state index in [9.17, 15) is 4.79 Å². The first-order chi connectivity index (χ1) is 8.70. The molecule has 4 nitrogen and oxygen atoms in total. The molecule has 1 aliphatic heterocycles. The monoisotopic (exact) mass is 248 g/mol. The van der Waals surface area contributed by atoms with E-state index in [-0.39, 0.29) is 11.9 Å². The van der Waals surface area contributed by atoms with E-state index in [1.165, 1.54) is 0 Å². The van der Waals surface area contributed by atoms with E-state index in [4.69, 9.17) is 4.74 Å². The van der Waals surface area contributed by atoms with Crippen molar-refractivity contribution in [3.63, 3.8) is 0 Å². The molecule has 1 fully saturated rings. The van der Waals surface area contributed by atoms with E-state index in [0.29, 0.717) is 6.42 Å². The van der Waals surface area contributed by atoms with Crippen LogP contribution in [0, 0.1) is 0 Å². The molecule has 18 heavy (non-hydrogen) atoms. The Morgan fingerprint density at radius 1 is 1.44 bits per heavy atom. The maximum Gasteiger partial charge on any atom is 0.227 e. The molecule has 1 atom stereocenters. The maximum atomic E-state index is 12.2. The fourth-order valence-corrected chi connectivity index (χ4v) is 2.23. The Labute approximate surface area is 108 Å².